The van der Waals surface area contributed by atoms with Gasteiger partial charge in [0.2, 0.25) is 0 Å². The number of hydrogen-bond acceptors (Lipinski definition) is 4. The fourth-order valence-corrected chi connectivity index (χ4v) is 2.36. The molecule has 0 saturated heterocycles. The Hall–Kier alpha value is -2.56. The van der Waals surface area contributed by atoms with Gasteiger partial charge in [0.05, 0.1) is 5.69 Å². The molecule has 0 fully saturated rings. The van der Waals surface area contributed by atoms with Gasteiger partial charge in [-0.3, -0.25) is 0 Å². The molecule has 2 heterocycles. The normalized spacial score (nSPS) is 10.9. The fourth-order valence-electron chi connectivity index (χ4n) is 2.36. The molecule has 2 aromatic heterocycles. The Kier molecular flexibility index (Phi) is 3.02. The van der Waals surface area contributed by atoms with E-state index in [9.17, 15) is 0 Å². The lowest BCUT2D eigenvalue weighted by Gasteiger charge is -2.19. The predicted molar refractivity (Wildman–Crippen MR) is 80.7 cm³/mol. The van der Waals surface area contributed by atoms with Crippen molar-refractivity contribution < 1.29 is 0 Å². The second kappa shape index (κ2) is 4.85. The van der Waals surface area contributed by atoms with Crippen LogP contribution in [-0.4, -0.2) is 21.6 Å². The summed E-state index contributed by atoms with van der Waals surface area (Å²) >= 11 is 0. The molecule has 0 amide bonds. The highest BCUT2D eigenvalue weighted by Crippen LogP contribution is 2.20. The monoisotopic (exact) mass is 267 g/mol. The highest BCUT2D eigenvalue weighted by Gasteiger charge is 2.10. The first kappa shape index (κ1) is 12.5. The van der Waals surface area contributed by atoms with Gasteiger partial charge >= 0.3 is 0 Å². The van der Waals surface area contributed by atoms with Crippen molar-refractivity contribution in [3.8, 4) is 0 Å². The molecule has 3 rings (SSSR count). The zero-order chi connectivity index (χ0) is 14.1. The molecule has 0 radical (unpaired) electrons. The number of aromatic nitrogens is 3. The standard InChI is InChI=1S/C15H17N5/c1-11-8-14-15(17-6-7-20(14)18-11)19(2)10-12-4-3-5-13(16)9-12/h3-9H,10,16H2,1-2H3. The molecule has 2 N–H and O–H groups in total. The van der Waals surface area contributed by atoms with Crippen LogP contribution in [0.3, 0.4) is 0 Å². The molecule has 0 saturated carbocycles. The molecule has 5 nitrogen and oxygen atoms in total. The van der Waals surface area contributed by atoms with Crippen LogP contribution in [0, 0.1) is 6.92 Å². The maximum atomic E-state index is 5.82. The second-order valence-corrected chi connectivity index (χ2v) is 4.97. The van der Waals surface area contributed by atoms with Crippen molar-refractivity contribution in [2.75, 3.05) is 17.7 Å². The van der Waals surface area contributed by atoms with Crippen LogP contribution in [0.25, 0.3) is 5.52 Å². The van der Waals surface area contributed by atoms with E-state index in [1.165, 1.54) is 0 Å². The molecule has 0 aliphatic rings. The van der Waals surface area contributed by atoms with Gasteiger partial charge in [0.15, 0.2) is 5.82 Å². The van der Waals surface area contributed by atoms with Crippen molar-refractivity contribution in [1.82, 2.24) is 14.6 Å². The first-order valence-corrected chi connectivity index (χ1v) is 6.50. The molecule has 0 atom stereocenters. The lowest BCUT2D eigenvalue weighted by molar-refractivity contribution is 0.872. The molecule has 0 bridgehead atoms. The largest absolute Gasteiger partial charge is 0.399 e. The Morgan fingerprint density at radius 1 is 1.30 bits per heavy atom. The van der Waals surface area contributed by atoms with Crippen LogP contribution in [0.2, 0.25) is 0 Å². The van der Waals surface area contributed by atoms with E-state index in [1.54, 1.807) is 6.20 Å². The second-order valence-electron chi connectivity index (χ2n) is 4.97. The van der Waals surface area contributed by atoms with E-state index < -0.39 is 0 Å². The van der Waals surface area contributed by atoms with Crippen molar-refractivity contribution in [1.29, 1.82) is 0 Å². The molecular formula is C15H17N5. The molecule has 102 valence electrons. The third-order valence-corrected chi connectivity index (χ3v) is 3.22. The van der Waals surface area contributed by atoms with Crippen molar-refractivity contribution in [3.05, 3.63) is 54.0 Å². The van der Waals surface area contributed by atoms with Gasteiger partial charge < -0.3 is 10.6 Å². The summed E-state index contributed by atoms with van der Waals surface area (Å²) in [5.74, 6) is 0.913. The van der Waals surface area contributed by atoms with Crippen LogP contribution in [0.5, 0.6) is 0 Å². The molecular weight excluding hydrogens is 250 g/mol. The van der Waals surface area contributed by atoms with Gasteiger partial charge in [-0.2, -0.15) is 5.10 Å². The van der Waals surface area contributed by atoms with Gasteiger partial charge in [0, 0.05) is 31.7 Å². The molecule has 1 aromatic carbocycles. The number of anilines is 2. The summed E-state index contributed by atoms with van der Waals surface area (Å²) in [6, 6.07) is 9.95. The first-order chi connectivity index (χ1) is 9.63. The highest BCUT2D eigenvalue weighted by atomic mass is 15.3. The van der Waals surface area contributed by atoms with Crippen LogP contribution in [0.4, 0.5) is 11.5 Å². The Morgan fingerprint density at radius 3 is 2.95 bits per heavy atom. The molecule has 0 aliphatic heterocycles. The lowest BCUT2D eigenvalue weighted by Crippen LogP contribution is -2.18. The number of fused-ring (bicyclic) bond motifs is 1. The number of rotatable bonds is 3. The van der Waals surface area contributed by atoms with Crippen molar-refractivity contribution >= 4 is 17.0 Å². The quantitative estimate of drug-likeness (QED) is 0.739. The average Bonchev–Trinajstić information content (AvgIpc) is 2.78. The number of nitrogen functional groups attached to an aromatic ring is 1. The van der Waals surface area contributed by atoms with Gasteiger partial charge in [0.25, 0.3) is 0 Å². The van der Waals surface area contributed by atoms with Gasteiger partial charge in [-0.25, -0.2) is 9.50 Å². The van der Waals surface area contributed by atoms with Gasteiger partial charge in [-0.05, 0) is 30.7 Å². The fraction of sp³-hybridized carbons (Fsp3) is 0.200. The van der Waals surface area contributed by atoms with Gasteiger partial charge in [-0.1, -0.05) is 12.1 Å². The Labute approximate surface area is 117 Å². The topological polar surface area (TPSA) is 59.5 Å². The number of benzene rings is 1. The zero-order valence-electron chi connectivity index (χ0n) is 11.6. The molecule has 20 heavy (non-hydrogen) atoms. The van der Waals surface area contributed by atoms with Crippen molar-refractivity contribution in [2.45, 2.75) is 13.5 Å². The summed E-state index contributed by atoms with van der Waals surface area (Å²) in [5.41, 5.74) is 9.75. The number of aryl methyl sites for hydroxylation is 1. The van der Waals surface area contributed by atoms with E-state index in [2.05, 4.69) is 21.0 Å². The molecule has 0 unspecified atom stereocenters. The first-order valence-electron chi connectivity index (χ1n) is 6.50. The minimum atomic E-state index is 0.752. The smallest absolute Gasteiger partial charge is 0.154 e. The number of hydrogen-bond donors (Lipinski definition) is 1. The van der Waals surface area contributed by atoms with E-state index in [4.69, 9.17) is 5.73 Å². The highest BCUT2D eigenvalue weighted by molar-refractivity contribution is 5.68. The molecule has 0 spiro atoms. The Balaban J connectivity index is 1.94. The van der Waals surface area contributed by atoms with Gasteiger partial charge in [0.1, 0.15) is 5.52 Å². The molecule has 3 aromatic rings. The molecule has 5 heteroatoms. The minimum Gasteiger partial charge on any atom is -0.399 e. The summed E-state index contributed by atoms with van der Waals surface area (Å²) in [6.07, 6.45) is 3.63. The summed E-state index contributed by atoms with van der Waals surface area (Å²) in [5, 5.41) is 4.41. The zero-order valence-corrected chi connectivity index (χ0v) is 11.6. The number of nitrogens with two attached hydrogens (primary N) is 1. The maximum absolute atomic E-state index is 5.82. The van der Waals surface area contributed by atoms with E-state index in [-0.39, 0.29) is 0 Å². The maximum Gasteiger partial charge on any atom is 0.154 e. The van der Waals surface area contributed by atoms with E-state index in [0.29, 0.717) is 0 Å². The molecule has 0 aliphatic carbocycles. The van der Waals surface area contributed by atoms with E-state index >= 15 is 0 Å². The third kappa shape index (κ3) is 2.30. The minimum absolute atomic E-state index is 0.752. The third-order valence-electron chi connectivity index (χ3n) is 3.22. The SMILES string of the molecule is Cc1cc2c(N(C)Cc3cccc(N)c3)nccn2n1. The number of nitrogens with zero attached hydrogens (tertiary/aromatic N) is 4. The summed E-state index contributed by atoms with van der Waals surface area (Å²) in [7, 11) is 2.02. The van der Waals surface area contributed by atoms with Crippen LogP contribution >= 0.6 is 0 Å². The van der Waals surface area contributed by atoms with Crippen LogP contribution in [-0.2, 0) is 6.54 Å². The Bertz CT molecular complexity index is 747. The van der Waals surface area contributed by atoms with Gasteiger partial charge in [-0.15, -0.1) is 0 Å². The summed E-state index contributed by atoms with van der Waals surface area (Å²) < 4.78 is 1.85. The van der Waals surface area contributed by atoms with Crippen molar-refractivity contribution in [2.24, 2.45) is 0 Å². The van der Waals surface area contributed by atoms with E-state index in [0.717, 1.165) is 34.8 Å². The Morgan fingerprint density at radius 2 is 2.15 bits per heavy atom. The summed E-state index contributed by atoms with van der Waals surface area (Å²) in [4.78, 5) is 6.57. The summed E-state index contributed by atoms with van der Waals surface area (Å²) in [6.45, 7) is 2.73. The van der Waals surface area contributed by atoms with Crippen LogP contribution in [0.15, 0.2) is 42.7 Å². The van der Waals surface area contributed by atoms with Crippen molar-refractivity contribution in [3.63, 3.8) is 0 Å². The van der Waals surface area contributed by atoms with Crippen LogP contribution in [0.1, 0.15) is 11.3 Å². The predicted octanol–water partition coefficient (Wildman–Crippen LogP) is 2.26. The van der Waals surface area contributed by atoms with E-state index in [1.807, 2.05) is 48.9 Å². The average molecular weight is 267 g/mol. The van der Waals surface area contributed by atoms with Crippen LogP contribution < -0.4 is 10.6 Å². The lowest BCUT2D eigenvalue weighted by atomic mass is 10.2.